The van der Waals surface area contributed by atoms with Crippen molar-refractivity contribution in [2.75, 3.05) is 0 Å². The van der Waals surface area contributed by atoms with Crippen molar-refractivity contribution in [1.29, 1.82) is 0 Å². The minimum absolute atomic E-state index is 0.0549. The molecule has 0 aliphatic carbocycles. The van der Waals surface area contributed by atoms with Crippen LogP contribution in [0.5, 0.6) is 0 Å². The number of carbonyl (C=O) groups is 2. The molecule has 8 heteroatoms. The molecule has 4 aromatic rings. The molecule has 5 rings (SSSR count). The highest BCUT2D eigenvalue weighted by molar-refractivity contribution is 7.07. The topological polar surface area (TPSA) is 94.1 Å². The fourth-order valence-corrected chi connectivity index (χ4v) is 4.55. The molecule has 0 spiro atoms. The maximum atomic E-state index is 13.4. The first-order valence-electron chi connectivity index (χ1n) is 9.61. The first-order chi connectivity index (χ1) is 14.6. The van der Waals surface area contributed by atoms with Crippen LogP contribution in [0.2, 0.25) is 0 Å². The first-order valence-corrected chi connectivity index (χ1v) is 10.6. The smallest absolute Gasteiger partial charge is 0.243 e. The first kappa shape index (κ1) is 18.5. The molecule has 0 saturated carbocycles. The maximum absolute atomic E-state index is 13.4. The van der Waals surface area contributed by atoms with Crippen LogP contribution in [0.4, 0.5) is 0 Å². The number of benzene rings is 2. The second-order valence-corrected chi connectivity index (χ2v) is 8.02. The van der Waals surface area contributed by atoms with Gasteiger partial charge >= 0.3 is 0 Å². The van der Waals surface area contributed by atoms with Crippen molar-refractivity contribution in [3.8, 4) is 11.5 Å². The van der Waals surface area contributed by atoms with Gasteiger partial charge in [0.15, 0.2) is 5.82 Å². The van der Waals surface area contributed by atoms with E-state index >= 15 is 0 Å². The summed E-state index contributed by atoms with van der Waals surface area (Å²) in [6, 6.07) is 14.9. The summed E-state index contributed by atoms with van der Waals surface area (Å²) in [5.74, 6) is -0.0279. The fraction of sp³-hybridized carbons (Fsp3) is 0.182. The van der Waals surface area contributed by atoms with E-state index in [4.69, 9.17) is 5.73 Å². The fourth-order valence-electron chi connectivity index (χ4n) is 4.02. The Hall–Kier alpha value is -3.52. The second-order valence-electron chi connectivity index (χ2n) is 7.30. The molecule has 0 fully saturated rings. The summed E-state index contributed by atoms with van der Waals surface area (Å²) in [5, 5.41) is 1.91. The van der Waals surface area contributed by atoms with E-state index in [1.54, 1.807) is 10.4 Å². The van der Waals surface area contributed by atoms with Gasteiger partial charge < -0.3 is 15.2 Å². The van der Waals surface area contributed by atoms with Gasteiger partial charge in [-0.1, -0.05) is 36.4 Å². The Balaban J connectivity index is 1.53. The standard InChI is InChI=1S/C22H19N5O2S/c23-21(29)19-9-14-5-1-2-6-15(14)10-26(19)20(28)11-27-18-8-4-3-7-16(18)25-22(27)17-12-30-13-24-17/h1-8,12-13,19H,9-11H2,(H2,23,29)/t19-/m0/s1. The van der Waals surface area contributed by atoms with E-state index in [1.807, 2.05) is 58.5 Å². The highest BCUT2D eigenvalue weighted by atomic mass is 32.1. The number of hydrogen-bond donors (Lipinski definition) is 1. The lowest BCUT2D eigenvalue weighted by Crippen LogP contribution is -2.52. The highest BCUT2D eigenvalue weighted by Gasteiger charge is 2.33. The van der Waals surface area contributed by atoms with Crippen molar-refractivity contribution < 1.29 is 9.59 Å². The van der Waals surface area contributed by atoms with Crippen molar-refractivity contribution in [2.45, 2.75) is 25.6 Å². The van der Waals surface area contributed by atoms with E-state index in [0.717, 1.165) is 27.9 Å². The van der Waals surface area contributed by atoms with Gasteiger partial charge in [0, 0.05) is 18.3 Å². The monoisotopic (exact) mass is 417 g/mol. The van der Waals surface area contributed by atoms with Crippen LogP contribution in [0.25, 0.3) is 22.6 Å². The number of nitrogens with zero attached hydrogens (tertiary/aromatic N) is 4. The van der Waals surface area contributed by atoms with E-state index in [1.165, 1.54) is 11.3 Å². The summed E-state index contributed by atoms with van der Waals surface area (Å²) >= 11 is 1.48. The number of imidazole rings is 1. The van der Waals surface area contributed by atoms with Crippen molar-refractivity contribution >= 4 is 34.2 Å². The summed E-state index contributed by atoms with van der Waals surface area (Å²) in [6.45, 7) is 0.417. The number of thiazole rings is 1. The van der Waals surface area contributed by atoms with Crippen LogP contribution in [-0.4, -0.2) is 37.3 Å². The minimum Gasteiger partial charge on any atom is -0.368 e. The number of carbonyl (C=O) groups excluding carboxylic acids is 2. The van der Waals surface area contributed by atoms with E-state index in [0.29, 0.717) is 18.8 Å². The molecule has 2 N–H and O–H groups in total. The Morgan fingerprint density at radius 2 is 1.87 bits per heavy atom. The minimum atomic E-state index is -0.662. The number of hydrogen-bond acceptors (Lipinski definition) is 5. The average Bonchev–Trinajstić information content (AvgIpc) is 3.41. The van der Waals surface area contributed by atoms with Crippen LogP contribution in [-0.2, 0) is 29.1 Å². The SMILES string of the molecule is NC(=O)[C@@H]1Cc2ccccc2CN1C(=O)Cn1c(-c2cscn2)nc2ccccc21. The van der Waals surface area contributed by atoms with Crippen LogP contribution >= 0.6 is 11.3 Å². The van der Waals surface area contributed by atoms with Crippen molar-refractivity contribution in [3.63, 3.8) is 0 Å². The van der Waals surface area contributed by atoms with Crippen molar-refractivity contribution in [1.82, 2.24) is 19.4 Å². The van der Waals surface area contributed by atoms with Crippen LogP contribution < -0.4 is 5.73 Å². The van der Waals surface area contributed by atoms with Crippen LogP contribution in [0.15, 0.2) is 59.4 Å². The summed E-state index contributed by atoms with van der Waals surface area (Å²) in [6.07, 6.45) is 0.431. The van der Waals surface area contributed by atoms with Gasteiger partial charge in [0.1, 0.15) is 18.3 Å². The molecule has 30 heavy (non-hydrogen) atoms. The molecule has 0 saturated heterocycles. The number of amides is 2. The lowest BCUT2D eigenvalue weighted by Gasteiger charge is -2.35. The molecule has 150 valence electrons. The molecule has 3 heterocycles. The van der Waals surface area contributed by atoms with Gasteiger partial charge in [0.2, 0.25) is 11.8 Å². The van der Waals surface area contributed by atoms with E-state index < -0.39 is 11.9 Å². The van der Waals surface area contributed by atoms with Crippen LogP contribution in [0.1, 0.15) is 11.1 Å². The van der Waals surface area contributed by atoms with Gasteiger partial charge in [0.25, 0.3) is 0 Å². The molecular formula is C22H19N5O2S. The summed E-state index contributed by atoms with van der Waals surface area (Å²) < 4.78 is 1.87. The summed E-state index contributed by atoms with van der Waals surface area (Å²) in [4.78, 5) is 36.2. The number of primary amides is 1. The second kappa shape index (κ2) is 7.38. The third-order valence-corrected chi connectivity index (χ3v) is 6.09. The molecule has 2 amide bonds. The number of rotatable bonds is 4. The Labute approximate surface area is 176 Å². The number of fused-ring (bicyclic) bond motifs is 2. The average molecular weight is 417 g/mol. The molecular weight excluding hydrogens is 398 g/mol. The molecule has 1 atom stereocenters. The molecule has 0 radical (unpaired) electrons. The van der Waals surface area contributed by atoms with Gasteiger partial charge in [-0.25, -0.2) is 9.97 Å². The molecule has 1 aliphatic rings. The van der Waals surface area contributed by atoms with E-state index in [-0.39, 0.29) is 12.5 Å². The number of nitrogens with two attached hydrogens (primary N) is 1. The largest absolute Gasteiger partial charge is 0.368 e. The zero-order valence-electron chi connectivity index (χ0n) is 16.1. The quantitative estimate of drug-likeness (QED) is 0.552. The summed E-state index contributed by atoms with van der Waals surface area (Å²) in [5.41, 5.74) is 11.9. The highest BCUT2D eigenvalue weighted by Crippen LogP contribution is 2.27. The lowest BCUT2D eigenvalue weighted by molar-refractivity contribution is -0.141. The van der Waals surface area contributed by atoms with Gasteiger partial charge in [-0.15, -0.1) is 11.3 Å². The Morgan fingerprint density at radius 3 is 2.63 bits per heavy atom. The molecule has 7 nitrogen and oxygen atoms in total. The van der Waals surface area contributed by atoms with Crippen LogP contribution in [0, 0.1) is 0 Å². The third-order valence-electron chi connectivity index (χ3n) is 5.51. The predicted octanol–water partition coefficient (Wildman–Crippen LogP) is 2.60. The normalized spacial score (nSPS) is 15.9. The predicted molar refractivity (Wildman–Crippen MR) is 115 cm³/mol. The molecule has 0 unspecified atom stereocenters. The zero-order valence-corrected chi connectivity index (χ0v) is 16.9. The maximum Gasteiger partial charge on any atom is 0.243 e. The Bertz CT molecular complexity index is 1250. The summed E-state index contributed by atoms with van der Waals surface area (Å²) in [7, 11) is 0. The van der Waals surface area contributed by atoms with E-state index in [9.17, 15) is 9.59 Å². The molecule has 1 aliphatic heterocycles. The van der Waals surface area contributed by atoms with E-state index in [2.05, 4.69) is 9.97 Å². The van der Waals surface area contributed by atoms with Gasteiger partial charge in [-0.3, -0.25) is 9.59 Å². The third kappa shape index (κ3) is 3.15. The number of para-hydroxylation sites is 2. The van der Waals surface area contributed by atoms with Crippen molar-refractivity contribution in [3.05, 3.63) is 70.5 Å². The lowest BCUT2D eigenvalue weighted by atomic mass is 9.93. The molecule has 2 aromatic heterocycles. The Kier molecular flexibility index (Phi) is 4.55. The number of aromatic nitrogens is 3. The van der Waals surface area contributed by atoms with Crippen LogP contribution in [0.3, 0.4) is 0 Å². The van der Waals surface area contributed by atoms with Gasteiger partial charge in [0.05, 0.1) is 16.5 Å². The molecule has 2 aromatic carbocycles. The van der Waals surface area contributed by atoms with Crippen molar-refractivity contribution in [2.24, 2.45) is 5.73 Å². The zero-order chi connectivity index (χ0) is 20.7. The molecule has 0 bridgehead atoms. The van der Waals surface area contributed by atoms with Gasteiger partial charge in [-0.05, 0) is 23.3 Å². The van der Waals surface area contributed by atoms with Gasteiger partial charge in [-0.2, -0.15) is 0 Å². The Morgan fingerprint density at radius 1 is 1.10 bits per heavy atom.